The lowest BCUT2D eigenvalue weighted by atomic mass is 10.3. The molecule has 5 nitrogen and oxygen atoms in total. The van der Waals surface area contributed by atoms with Gasteiger partial charge >= 0.3 is 6.18 Å². The molecular weight excluding hydrogens is 283 g/mol. The number of nitriles is 1. The predicted octanol–water partition coefficient (Wildman–Crippen LogP) is 0.995. The van der Waals surface area contributed by atoms with Crippen LogP contribution < -0.4 is 5.32 Å². The molecule has 9 heteroatoms. The molecule has 1 saturated heterocycles. The molecule has 0 aromatic rings. The van der Waals surface area contributed by atoms with E-state index < -0.39 is 24.2 Å². The molecule has 1 heterocycles. The molecule has 1 N–H and O–H groups in total. The lowest BCUT2D eigenvalue weighted by molar-refractivity contribution is -0.136. The van der Waals surface area contributed by atoms with Gasteiger partial charge in [-0.2, -0.15) is 18.4 Å². The normalized spacial score (nSPS) is 18.3. The molecule has 1 aliphatic rings. The molecule has 2 amide bonds. The van der Waals surface area contributed by atoms with E-state index in [9.17, 15) is 22.8 Å². The van der Waals surface area contributed by atoms with Gasteiger partial charge < -0.3 is 10.2 Å². The summed E-state index contributed by atoms with van der Waals surface area (Å²) in [7, 11) is 0. The molecule has 0 atom stereocenters. The lowest BCUT2D eigenvalue weighted by Crippen LogP contribution is -2.35. The Kier molecular flexibility index (Phi) is 4.83. The Hall–Kier alpha value is -1.69. The summed E-state index contributed by atoms with van der Waals surface area (Å²) in [6, 6.07) is 1.55. The largest absolute Gasteiger partial charge is 0.405 e. The first kappa shape index (κ1) is 15.4. The fraction of sp³-hybridized carbons (Fsp3) is 0.500. The van der Waals surface area contributed by atoms with E-state index in [0.29, 0.717) is 0 Å². The maximum Gasteiger partial charge on any atom is 0.405 e. The van der Waals surface area contributed by atoms with Gasteiger partial charge in [0.15, 0.2) is 0 Å². The van der Waals surface area contributed by atoms with Crippen molar-refractivity contribution in [1.82, 2.24) is 10.2 Å². The van der Waals surface area contributed by atoms with Crippen molar-refractivity contribution in [2.24, 2.45) is 0 Å². The molecule has 0 aromatic heterocycles. The van der Waals surface area contributed by atoms with Gasteiger partial charge in [0, 0.05) is 6.54 Å². The van der Waals surface area contributed by atoms with Crippen LogP contribution in [0, 0.1) is 11.3 Å². The SMILES string of the molecule is CCN1C(=O)CS/C1=C(/C#N)C(=O)NCC(F)(F)F. The van der Waals surface area contributed by atoms with Crippen LogP contribution in [0.5, 0.6) is 0 Å². The minimum absolute atomic E-state index is 0.0703. The van der Waals surface area contributed by atoms with Gasteiger partial charge in [0.1, 0.15) is 23.2 Å². The molecule has 0 unspecified atom stereocenters. The molecule has 0 spiro atoms. The van der Waals surface area contributed by atoms with Crippen molar-refractivity contribution >= 4 is 23.6 Å². The van der Waals surface area contributed by atoms with Crippen molar-refractivity contribution in [2.45, 2.75) is 13.1 Å². The minimum Gasteiger partial charge on any atom is -0.342 e. The molecule has 19 heavy (non-hydrogen) atoms. The number of carbonyl (C=O) groups is 2. The third-order valence-electron chi connectivity index (χ3n) is 2.20. The third-order valence-corrected chi connectivity index (χ3v) is 3.29. The van der Waals surface area contributed by atoms with Gasteiger partial charge in [-0.1, -0.05) is 11.8 Å². The van der Waals surface area contributed by atoms with Crippen LogP contribution >= 0.6 is 11.8 Å². The number of nitrogens with one attached hydrogen (secondary N) is 1. The second-order valence-electron chi connectivity index (χ2n) is 3.52. The highest BCUT2D eigenvalue weighted by Crippen LogP contribution is 2.31. The monoisotopic (exact) mass is 293 g/mol. The lowest BCUT2D eigenvalue weighted by Gasteiger charge is -2.15. The Morgan fingerprint density at radius 3 is 2.68 bits per heavy atom. The summed E-state index contributed by atoms with van der Waals surface area (Å²) < 4.78 is 35.9. The summed E-state index contributed by atoms with van der Waals surface area (Å²) in [5, 5.41) is 10.6. The number of amides is 2. The summed E-state index contributed by atoms with van der Waals surface area (Å²) in [5.41, 5.74) is -0.470. The average Bonchev–Trinajstić information content (AvgIpc) is 2.68. The summed E-state index contributed by atoms with van der Waals surface area (Å²) in [6.45, 7) is 0.375. The topological polar surface area (TPSA) is 73.2 Å². The van der Waals surface area contributed by atoms with Gasteiger partial charge in [0.05, 0.1) is 5.75 Å². The molecule has 1 aliphatic heterocycles. The van der Waals surface area contributed by atoms with Crippen LogP contribution in [0.25, 0.3) is 0 Å². The molecular formula is C10H10F3N3O2S. The van der Waals surface area contributed by atoms with Crippen LogP contribution in [0.3, 0.4) is 0 Å². The van der Waals surface area contributed by atoms with Crippen LogP contribution in [-0.2, 0) is 9.59 Å². The quantitative estimate of drug-likeness (QED) is 0.622. The van der Waals surface area contributed by atoms with Gasteiger partial charge in [-0.15, -0.1) is 0 Å². The van der Waals surface area contributed by atoms with Crippen molar-refractivity contribution in [2.75, 3.05) is 18.8 Å². The fourth-order valence-electron chi connectivity index (χ4n) is 1.39. The van der Waals surface area contributed by atoms with E-state index in [1.807, 2.05) is 0 Å². The highest BCUT2D eigenvalue weighted by atomic mass is 32.2. The van der Waals surface area contributed by atoms with Crippen molar-refractivity contribution in [3.05, 3.63) is 10.6 Å². The standard InChI is InChI=1S/C10H10F3N3O2S/c1-2-16-7(17)4-19-9(16)6(3-14)8(18)15-5-10(11,12)13/h2,4-5H2,1H3,(H,15,18)/b9-6-. The zero-order chi connectivity index (χ0) is 14.6. The van der Waals surface area contributed by atoms with E-state index in [0.717, 1.165) is 11.8 Å². The number of hydrogen-bond acceptors (Lipinski definition) is 4. The third kappa shape index (κ3) is 3.89. The zero-order valence-electron chi connectivity index (χ0n) is 9.87. The van der Waals surface area contributed by atoms with Gasteiger partial charge in [0.2, 0.25) is 5.91 Å². The molecule has 1 fully saturated rings. The summed E-state index contributed by atoms with van der Waals surface area (Å²) >= 11 is 0.969. The Balaban J connectivity index is 2.91. The minimum atomic E-state index is -4.55. The number of halogens is 3. The molecule has 0 aliphatic carbocycles. The maximum absolute atomic E-state index is 12.0. The molecule has 0 bridgehead atoms. The predicted molar refractivity (Wildman–Crippen MR) is 61.5 cm³/mol. The van der Waals surface area contributed by atoms with Gasteiger partial charge in [0.25, 0.3) is 5.91 Å². The van der Waals surface area contributed by atoms with Crippen molar-refractivity contribution < 1.29 is 22.8 Å². The average molecular weight is 293 g/mol. The molecule has 0 aromatic carbocycles. The second kappa shape index (κ2) is 5.97. The second-order valence-corrected chi connectivity index (χ2v) is 4.48. The van der Waals surface area contributed by atoms with E-state index in [1.54, 1.807) is 18.3 Å². The Labute approximate surface area is 111 Å². The smallest absolute Gasteiger partial charge is 0.342 e. The van der Waals surface area contributed by atoms with E-state index in [-0.39, 0.29) is 23.2 Å². The number of thioether (sulfide) groups is 1. The first-order valence-electron chi connectivity index (χ1n) is 5.22. The van der Waals surface area contributed by atoms with E-state index in [1.165, 1.54) is 4.90 Å². The number of nitrogens with zero attached hydrogens (tertiary/aromatic N) is 2. The van der Waals surface area contributed by atoms with Gasteiger partial charge in [-0.25, -0.2) is 0 Å². The van der Waals surface area contributed by atoms with Crippen LogP contribution in [0.1, 0.15) is 6.92 Å². The fourth-order valence-corrected chi connectivity index (χ4v) is 2.48. The van der Waals surface area contributed by atoms with Gasteiger partial charge in [-0.05, 0) is 6.92 Å². The van der Waals surface area contributed by atoms with Crippen LogP contribution in [0.4, 0.5) is 13.2 Å². The summed E-state index contributed by atoms with van der Waals surface area (Å²) in [6.07, 6.45) is -4.55. The van der Waals surface area contributed by atoms with Crippen molar-refractivity contribution in [3.63, 3.8) is 0 Å². The number of rotatable bonds is 3. The highest BCUT2D eigenvalue weighted by Gasteiger charge is 2.33. The maximum atomic E-state index is 12.0. The number of carbonyl (C=O) groups excluding carboxylic acids is 2. The van der Waals surface area contributed by atoms with E-state index >= 15 is 0 Å². The zero-order valence-corrected chi connectivity index (χ0v) is 10.7. The van der Waals surface area contributed by atoms with Crippen LogP contribution in [-0.4, -0.2) is 41.7 Å². The Morgan fingerprint density at radius 2 is 2.21 bits per heavy atom. The molecule has 0 saturated carbocycles. The number of hydrogen-bond donors (Lipinski definition) is 1. The summed E-state index contributed by atoms with van der Waals surface area (Å²) in [4.78, 5) is 24.2. The Bertz CT molecular complexity index is 468. The first-order valence-corrected chi connectivity index (χ1v) is 6.21. The highest BCUT2D eigenvalue weighted by molar-refractivity contribution is 8.04. The van der Waals surface area contributed by atoms with Crippen LogP contribution in [0.2, 0.25) is 0 Å². The Morgan fingerprint density at radius 1 is 1.58 bits per heavy atom. The molecule has 104 valence electrons. The van der Waals surface area contributed by atoms with E-state index in [2.05, 4.69) is 0 Å². The van der Waals surface area contributed by atoms with Crippen molar-refractivity contribution in [3.8, 4) is 6.07 Å². The molecule has 1 rings (SSSR count). The van der Waals surface area contributed by atoms with Gasteiger partial charge in [-0.3, -0.25) is 9.59 Å². The first-order chi connectivity index (χ1) is 8.80. The van der Waals surface area contributed by atoms with Crippen LogP contribution in [0.15, 0.2) is 10.6 Å². The molecule has 0 radical (unpaired) electrons. The van der Waals surface area contributed by atoms with E-state index in [4.69, 9.17) is 5.26 Å². The summed E-state index contributed by atoms with van der Waals surface area (Å²) in [5.74, 6) is -1.34. The number of alkyl halides is 3. The van der Waals surface area contributed by atoms with Crippen molar-refractivity contribution in [1.29, 1.82) is 5.26 Å².